The monoisotopic (exact) mass is 362 g/mol. The Morgan fingerprint density at radius 2 is 1.85 bits per heavy atom. The van der Waals surface area contributed by atoms with Crippen molar-refractivity contribution < 1.29 is 14.3 Å². The van der Waals surface area contributed by atoms with E-state index < -0.39 is 0 Å². The summed E-state index contributed by atoms with van der Waals surface area (Å²) >= 11 is 0. The second-order valence-electron chi connectivity index (χ2n) is 6.70. The summed E-state index contributed by atoms with van der Waals surface area (Å²) in [7, 11) is 1.64. The fraction of sp³-hybridized carbons (Fsp3) is 0.273. The number of carbonyl (C=O) groups excluding carboxylic acids is 1. The van der Waals surface area contributed by atoms with E-state index in [4.69, 9.17) is 9.47 Å². The van der Waals surface area contributed by atoms with Gasteiger partial charge in [-0.15, -0.1) is 0 Å². The third-order valence-electron chi connectivity index (χ3n) is 4.93. The minimum atomic E-state index is -0.0197. The predicted octanol–water partition coefficient (Wildman–Crippen LogP) is 3.62. The SMILES string of the molecule is COc1ccc2ncc(C(=O)c3ccc(C)cc3)c(N3CCOCC3)c2c1. The van der Waals surface area contributed by atoms with Gasteiger partial charge in [-0.2, -0.15) is 0 Å². The molecule has 1 aromatic heterocycles. The Labute approximate surface area is 158 Å². The molecular formula is C22H22N2O3. The summed E-state index contributed by atoms with van der Waals surface area (Å²) in [4.78, 5) is 20.0. The molecule has 5 heteroatoms. The first-order chi connectivity index (χ1) is 13.2. The number of ketones is 1. The van der Waals surface area contributed by atoms with Crippen LogP contribution in [0.3, 0.4) is 0 Å². The van der Waals surface area contributed by atoms with Crippen molar-refractivity contribution in [1.29, 1.82) is 0 Å². The standard InChI is InChI=1S/C22H22N2O3/c1-15-3-5-16(6-4-15)22(25)19-14-23-20-8-7-17(26-2)13-18(20)21(19)24-9-11-27-12-10-24/h3-8,13-14H,9-12H2,1-2H3. The Morgan fingerprint density at radius 3 is 2.56 bits per heavy atom. The first-order valence-corrected chi connectivity index (χ1v) is 9.08. The normalized spacial score (nSPS) is 14.4. The van der Waals surface area contributed by atoms with E-state index in [1.807, 2.05) is 49.4 Å². The number of carbonyl (C=O) groups is 1. The van der Waals surface area contributed by atoms with Gasteiger partial charge in [-0.3, -0.25) is 9.78 Å². The molecule has 0 unspecified atom stereocenters. The van der Waals surface area contributed by atoms with Crippen molar-refractivity contribution in [1.82, 2.24) is 4.98 Å². The largest absolute Gasteiger partial charge is 0.497 e. The summed E-state index contributed by atoms with van der Waals surface area (Å²) in [6.07, 6.45) is 1.70. The summed E-state index contributed by atoms with van der Waals surface area (Å²) in [6.45, 7) is 4.78. The lowest BCUT2D eigenvalue weighted by Gasteiger charge is -2.31. The first kappa shape index (κ1) is 17.5. The number of hydrogen-bond donors (Lipinski definition) is 0. The second-order valence-corrected chi connectivity index (χ2v) is 6.70. The van der Waals surface area contributed by atoms with Gasteiger partial charge in [0.2, 0.25) is 0 Å². The number of aromatic nitrogens is 1. The molecular weight excluding hydrogens is 340 g/mol. The lowest BCUT2D eigenvalue weighted by molar-refractivity contribution is 0.103. The van der Waals surface area contributed by atoms with Crippen molar-refractivity contribution >= 4 is 22.4 Å². The Hall–Kier alpha value is -2.92. The maximum absolute atomic E-state index is 13.3. The van der Waals surface area contributed by atoms with E-state index in [1.165, 1.54) is 0 Å². The predicted molar refractivity (Wildman–Crippen MR) is 106 cm³/mol. The van der Waals surface area contributed by atoms with Crippen molar-refractivity contribution in [3.63, 3.8) is 0 Å². The number of aryl methyl sites for hydroxylation is 1. The summed E-state index contributed by atoms with van der Waals surface area (Å²) < 4.78 is 10.9. The number of pyridine rings is 1. The first-order valence-electron chi connectivity index (χ1n) is 9.08. The number of nitrogens with zero attached hydrogens (tertiary/aromatic N) is 2. The summed E-state index contributed by atoms with van der Waals surface area (Å²) in [6, 6.07) is 13.4. The molecule has 1 fully saturated rings. The molecule has 2 heterocycles. The second kappa shape index (κ2) is 7.37. The number of benzene rings is 2. The number of hydrogen-bond acceptors (Lipinski definition) is 5. The third kappa shape index (κ3) is 3.38. The minimum Gasteiger partial charge on any atom is -0.497 e. The molecule has 27 heavy (non-hydrogen) atoms. The Kier molecular flexibility index (Phi) is 4.77. The molecule has 0 bridgehead atoms. The average Bonchev–Trinajstić information content (AvgIpc) is 2.73. The fourth-order valence-corrected chi connectivity index (χ4v) is 3.44. The van der Waals surface area contributed by atoms with E-state index in [1.54, 1.807) is 13.3 Å². The zero-order valence-electron chi connectivity index (χ0n) is 15.6. The summed E-state index contributed by atoms with van der Waals surface area (Å²) in [5.74, 6) is 0.729. The van der Waals surface area contributed by atoms with Gasteiger partial charge in [-0.1, -0.05) is 29.8 Å². The number of anilines is 1. The van der Waals surface area contributed by atoms with Gasteiger partial charge in [0.25, 0.3) is 0 Å². The highest BCUT2D eigenvalue weighted by molar-refractivity contribution is 6.16. The van der Waals surface area contributed by atoms with Crippen LogP contribution < -0.4 is 9.64 Å². The van der Waals surface area contributed by atoms with Crippen LogP contribution >= 0.6 is 0 Å². The molecule has 0 N–H and O–H groups in total. The zero-order chi connectivity index (χ0) is 18.8. The van der Waals surface area contributed by atoms with Gasteiger partial charge in [-0.05, 0) is 25.1 Å². The molecule has 0 radical (unpaired) electrons. The van der Waals surface area contributed by atoms with Crippen LogP contribution in [0.25, 0.3) is 10.9 Å². The number of ether oxygens (including phenoxy) is 2. The van der Waals surface area contributed by atoms with Crippen molar-refractivity contribution in [3.8, 4) is 5.75 Å². The molecule has 3 aromatic rings. The number of methoxy groups -OCH3 is 1. The molecule has 138 valence electrons. The lowest BCUT2D eigenvalue weighted by atomic mass is 9.99. The molecule has 0 atom stereocenters. The van der Waals surface area contributed by atoms with Gasteiger partial charge in [-0.25, -0.2) is 0 Å². The van der Waals surface area contributed by atoms with Gasteiger partial charge < -0.3 is 14.4 Å². The molecule has 0 spiro atoms. The van der Waals surface area contributed by atoms with Gasteiger partial charge >= 0.3 is 0 Å². The Morgan fingerprint density at radius 1 is 1.11 bits per heavy atom. The van der Waals surface area contributed by atoms with Crippen molar-refractivity contribution in [2.75, 3.05) is 38.3 Å². The Bertz CT molecular complexity index is 977. The van der Waals surface area contributed by atoms with E-state index >= 15 is 0 Å². The lowest BCUT2D eigenvalue weighted by Crippen LogP contribution is -2.37. The van der Waals surface area contributed by atoms with Crippen molar-refractivity contribution in [3.05, 3.63) is 65.4 Å². The van der Waals surface area contributed by atoms with Crippen LogP contribution in [0, 0.1) is 6.92 Å². The molecule has 5 nitrogen and oxygen atoms in total. The highest BCUT2D eigenvalue weighted by atomic mass is 16.5. The quantitative estimate of drug-likeness (QED) is 0.664. The van der Waals surface area contributed by atoms with E-state index in [-0.39, 0.29) is 5.78 Å². The van der Waals surface area contributed by atoms with Crippen LogP contribution in [0.15, 0.2) is 48.7 Å². The molecule has 4 rings (SSSR count). The maximum Gasteiger partial charge on any atom is 0.196 e. The molecule has 0 amide bonds. The molecule has 0 aliphatic carbocycles. The summed E-state index contributed by atoms with van der Waals surface area (Å²) in [5, 5.41) is 0.925. The van der Waals surface area contributed by atoms with Gasteiger partial charge in [0.1, 0.15) is 5.75 Å². The highest BCUT2D eigenvalue weighted by Crippen LogP contribution is 2.34. The number of rotatable bonds is 4. The molecule has 1 aliphatic rings. The average molecular weight is 362 g/mol. The van der Waals surface area contributed by atoms with E-state index in [2.05, 4.69) is 9.88 Å². The van der Waals surface area contributed by atoms with Crippen LogP contribution in [0.2, 0.25) is 0 Å². The fourth-order valence-electron chi connectivity index (χ4n) is 3.44. The van der Waals surface area contributed by atoms with Crippen LogP contribution in [0.5, 0.6) is 5.75 Å². The Balaban J connectivity index is 1.90. The van der Waals surface area contributed by atoms with E-state index in [0.29, 0.717) is 24.3 Å². The molecule has 1 saturated heterocycles. The van der Waals surface area contributed by atoms with Crippen LogP contribution in [0.1, 0.15) is 21.5 Å². The van der Waals surface area contributed by atoms with Crippen molar-refractivity contribution in [2.24, 2.45) is 0 Å². The number of morpholine rings is 1. The third-order valence-corrected chi connectivity index (χ3v) is 4.93. The van der Waals surface area contributed by atoms with Gasteiger partial charge in [0.05, 0.1) is 37.1 Å². The smallest absolute Gasteiger partial charge is 0.196 e. The van der Waals surface area contributed by atoms with Crippen molar-refractivity contribution in [2.45, 2.75) is 6.92 Å². The van der Waals surface area contributed by atoms with Crippen LogP contribution in [0.4, 0.5) is 5.69 Å². The zero-order valence-corrected chi connectivity index (χ0v) is 15.6. The highest BCUT2D eigenvalue weighted by Gasteiger charge is 2.23. The molecule has 2 aromatic carbocycles. The van der Waals surface area contributed by atoms with Crippen LogP contribution in [-0.4, -0.2) is 44.2 Å². The minimum absolute atomic E-state index is 0.0197. The maximum atomic E-state index is 13.3. The van der Waals surface area contributed by atoms with E-state index in [9.17, 15) is 4.79 Å². The molecule has 1 aliphatic heterocycles. The van der Waals surface area contributed by atoms with E-state index in [0.717, 1.165) is 41.0 Å². The number of fused-ring (bicyclic) bond motifs is 1. The van der Waals surface area contributed by atoms with Gasteiger partial charge in [0, 0.05) is 30.2 Å². The molecule has 0 saturated carbocycles. The van der Waals surface area contributed by atoms with Crippen LogP contribution in [-0.2, 0) is 4.74 Å². The summed E-state index contributed by atoms with van der Waals surface area (Å²) in [5.41, 5.74) is 4.16. The van der Waals surface area contributed by atoms with Gasteiger partial charge in [0.15, 0.2) is 5.78 Å². The topological polar surface area (TPSA) is 51.7 Å².